The van der Waals surface area contributed by atoms with E-state index >= 15 is 0 Å². The Hall–Kier alpha value is -0.300. The lowest BCUT2D eigenvalue weighted by Crippen LogP contribution is -2.20. The first-order valence-corrected chi connectivity index (χ1v) is 5.05. The van der Waals surface area contributed by atoms with Crippen molar-refractivity contribution >= 4 is 0 Å². The average Bonchev–Trinajstić information content (AvgIpc) is 2.55. The van der Waals surface area contributed by atoms with Crippen LogP contribution in [0, 0.1) is 5.41 Å². The molecule has 0 aromatic rings. The molecule has 1 rings (SSSR count). The van der Waals surface area contributed by atoms with Gasteiger partial charge in [-0.3, -0.25) is 0 Å². The molecule has 0 unspecified atom stereocenters. The molecule has 12 heavy (non-hydrogen) atoms. The molecular formula is C11H20O. The first kappa shape index (κ1) is 9.79. The minimum Gasteiger partial charge on any atom is -0.396 e. The van der Waals surface area contributed by atoms with Crippen LogP contribution in [0.2, 0.25) is 0 Å². The fourth-order valence-electron chi connectivity index (χ4n) is 2.17. The highest BCUT2D eigenvalue weighted by molar-refractivity contribution is 4.87. The highest BCUT2D eigenvalue weighted by atomic mass is 16.3. The van der Waals surface area contributed by atoms with Gasteiger partial charge in [0.15, 0.2) is 0 Å². The molecule has 1 saturated carbocycles. The quantitative estimate of drug-likeness (QED) is 0.640. The molecular weight excluding hydrogens is 148 g/mol. The van der Waals surface area contributed by atoms with Crippen molar-refractivity contribution in [3.63, 3.8) is 0 Å². The van der Waals surface area contributed by atoms with E-state index in [-0.39, 0.29) is 0 Å². The van der Waals surface area contributed by atoms with Gasteiger partial charge in [0.05, 0.1) is 0 Å². The van der Waals surface area contributed by atoms with Crippen LogP contribution in [0.4, 0.5) is 0 Å². The van der Waals surface area contributed by atoms with Crippen molar-refractivity contribution < 1.29 is 5.11 Å². The smallest absolute Gasteiger partial charge is 0.0487 e. The maximum atomic E-state index is 9.29. The second-order valence-corrected chi connectivity index (χ2v) is 3.97. The Kier molecular flexibility index (Phi) is 3.80. The van der Waals surface area contributed by atoms with Crippen LogP contribution in [0.1, 0.15) is 45.4 Å². The molecule has 1 aliphatic carbocycles. The Labute approximate surface area is 75.5 Å². The van der Waals surface area contributed by atoms with Gasteiger partial charge in [-0.1, -0.05) is 25.0 Å². The molecule has 0 saturated heterocycles. The maximum Gasteiger partial charge on any atom is 0.0487 e. The molecule has 1 nitrogen and oxygen atoms in total. The molecule has 0 bridgehead atoms. The normalized spacial score (nSPS) is 22.2. The highest BCUT2D eigenvalue weighted by Gasteiger charge is 2.31. The SMILES string of the molecule is C/C=C/CCC1(CO)CCCC1. The van der Waals surface area contributed by atoms with Crippen LogP contribution in [0.3, 0.4) is 0 Å². The summed E-state index contributed by atoms with van der Waals surface area (Å²) in [5.74, 6) is 0. The Balaban J connectivity index is 2.33. The second-order valence-electron chi connectivity index (χ2n) is 3.97. The average molecular weight is 168 g/mol. The van der Waals surface area contributed by atoms with E-state index in [1.165, 1.54) is 32.1 Å². The third-order valence-electron chi connectivity index (χ3n) is 3.08. The minimum absolute atomic E-state index is 0.291. The van der Waals surface area contributed by atoms with Crippen molar-refractivity contribution in [2.24, 2.45) is 5.41 Å². The molecule has 0 atom stereocenters. The van der Waals surface area contributed by atoms with Crippen LogP contribution < -0.4 is 0 Å². The Morgan fingerprint density at radius 1 is 1.33 bits per heavy atom. The summed E-state index contributed by atoms with van der Waals surface area (Å²) in [4.78, 5) is 0. The number of hydrogen-bond donors (Lipinski definition) is 1. The summed E-state index contributed by atoms with van der Waals surface area (Å²) in [7, 11) is 0. The molecule has 1 aliphatic rings. The predicted octanol–water partition coefficient (Wildman–Crippen LogP) is 2.90. The van der Waals surface area contributed by atoms with Gasteiger partial charge in [-0.05, 0) is 38.0 Å². The Morgan fingerprint density at radius 2 is 2.00 bits per heavy atom. The number of allylic oxidation sites excluding steroid dienone is 2. The topological polar surface area (TPSA) is 20.2 Å². The summed E-state index contributed by atoms with van der Waals surface area (Å²) < 4.78 is 0. The van der Waals surface area contributed by atoms with Gasteiger partial charge in [0.25, 0.3) is 0 Å². The van der Waals surface area contributed by atoms with E-state index in [2.05, 4.69) is 19.1 Å². The first-order chi connectivity index (χ1) is 5.83. The fraction of sp³-hybridized carbons (Fsp3) is 0.818. The number of aliphatic hydroxyl groups is 1. The van der Waals surface area contributed by atoms with Crippen LogP contribution in [-0.2, 0) is 0 Å². The molecule has 0 heterocycles. The maximum absolute atomic E-state index is 9.29. The summed E-state index contributed by atoms with van der Waals surface area (Å²) in [6.07, 6.45) is 11.7. The van der Waals surface area contributed by atoms with Crippen LogP contribution in [-0.4, -0.2) is 11.7 Å². The van der Waals surface area contributed by atoms with E-state index in [0.29, 0.717) is 12.0 Å². The zero-order valence-electron chi connectivity index (χ0n) is 8.05. The fourth-order valence-corrected chi connectivity index (χ4v) is 2.17. The number of aliphatic hydroxyl groups excluding tert-OH is 1. The molecule has 0 aromatic heterocycles. The minimum atomic E-state index is 0.291. The van der Waals surface area contributed by atoms with Crippen LogP contribution in [0.15, 0.2) is 12.2 Å². The van der Waals surface area contributed by atoms with Gasteiger partial charge in [-0.15, -0.1) is 0 Å². The van der Waals surface area contributed by atoms with E-state index in [1.807, 2.05) is 0 Å². The molecule has 0 aromatic carbocycles. The summed E-state index contributed by atoms with van der Waals surface area (Å²) in [6.45, 7) is 2.45. The van der Waals surface area contributed by atoms with Crippen molar-refractivity contribution in [3.05, 3.63) is 12.2 Å². The summed E-state index contributed by atoms with van der Waals surface area (Å²) in [5, 5.41) is 9.29. The largest absolute Gasteiger partial charge is 0.396 e. The molecule has 1 N–H and O–H groups in total. The summed E-state index contributed by atoms with van der Waals surface area (Å²) >= 11 is 0. The molecule has 0 radical (unpaired) electrons. The van der Waals surface area contributed by atoms with Crippen molar-refractivity contribution in [2.45, 2.75) is 45.4 Å². The Bertz CT molecular complexity index is 143. The number of hydrogen-bond acceptors (Lipinski definition) is 1. The monoisotopic (exact) mass is 168 g/mol. The number of rotatable bonds is 4. The zero-order chi connectivity index (χ0) is 8.86. The standard InChI is InChI=1S/C11H20O/c1-2-3-4-7-11(10-12)8-5-6-9-11/h2-3,12H,4-10H2,1H3/b3-2+. The molecule has 0 spiro atoms. The lowest BCUT2D eigenvalue weighted by Gasteiger charge is -2.25. The molecule has 1 heteroatoms. The third kappa shape index (κ3) is 2.34. The predicted molar refractivity (Wildman–Crippen MR) is 52.0 cm³/mol. The van der Waals surface area contributed by atoms with Crippen LogP contribution in [0.25, 0.3) is 0 Å². The lowest BCUT2D eigenvalue weighted by atomic mass is 9.82. The summed E-state index contributed by atoms with van der Waals surface area (Å²) in [6, 6.07) is 0. The first-order valence-electron chi connectivity index (χ1n) is 5.05. The van der Waals surface area contributed by atoms with Gasteiger partial charge in [0.1, 0.15) is 0 Å². The molecule has 0 amide bonds. The zero-order valence-corrected chi connectivity index (χ0v) is 8.05. The van der Waals surface area contributed by atoms with Crippen molar-refractivity contribution in [1.82, 2.24) is 0 Å². The van der Waals surface area contributed by atoms with Crippen molar-refractivity contribution in [3.8, 4) is 0 Å². The molecule has 0 aliphatic heterocycles. The Morgan fingerprint density at radius 3 is 2.50 bits per heavy atom. The van der Waals surface area contributed by atoms with E-state index in [9.17, 15) is 5.11 Å². The second kappa shape index (κ2) is 4.66. The molecule has 1 fully saturated rings. The van der Waals surface area contributed by atoms with E-state index in [1.54, 1.807) is 0 Å². The lowest BCUT2D eigenvalue weighted by molar-refractivity contribution is 0.122. The summed E-state index contributed by atoms with van der Waals surface area (Å²) in [5.41, 5.74) is 0.291. The van der Waals surface area contributed by atoms with Gasteiger partial charge >= 0.3 is 0 Å². The van der Waals surface area contributed by atoms with E-state index in [0.717, 1.165) is 6.42 Å². The highest BCUT2D eigenvalue weighted by Crippen LogP contribution is 2.41. The van der Waals surface area contributed by atoms with Crippen molar-refractivity contribution in [1.29, 1.82) is 0 Å². The van der Waals surface area contributed by atoms with Gasteiger partial charge in [-0.25, -0.2) is 0 Å². The van der Waals surface area contributed by atoms with Gasteiger partial charge in [-0.2, -0.15) is 0 Å². The van der Waals surface area contributed by atoms with Gasteiger partial charge in [0.2, 0.25) is 0 Å². The van der Waals surface area contributed by atoms with Gasteiger partial charge < -0.3 is 5.11 Å². The molecule has 70 valence electrons. The van der Waals surface area contributed by atoms with E-state index < -0.39 is 0 Å². The van der Waals surface area contributed by atoms with Crippen LogP contribution >= 0.6 is 0 Å². The van der Waals surface area contributed by atoms with Crippen LogP contribution in [0.5, 0.6) is 0 Å². The third-order valence-corrected chi connectivity index (χ3v) is 3.08. The van der Waals surface area contributed by atoms with Gasteiger partial charge in [0, 0.05) is 6.61 Å². The van der Waals surface area contributed by atoms with Crippen molar-refractivity contribution in [2.75, 3.05) is 6.61 Å². The van der Waals surface area contributed by atoms with E-state index in [4.69, 9.17) is 0 Å².